The number of rotatable bonds is 1. The third-order valence-electron chi connectivity index (χ3n) is 3.17. The lowest BCUT2D eigenvalue weighted by Gasteiger charge is -2.29. The molecule has 0 aromatic heterocycles. The Labute approximate surface area is 110 Å². The zero-order valence-electron chi connectivity index (χ0n) is 10.4. The first-order valence-electron chi connectivity index (χ1n) is 5.83. The lowest BCUT2D eigenvalue weighted by atomic mass is 10.1. The number of ether oxygens (including phenoxy) is 1. The Kier molecular flexibility index (Phi) is 2.52. The van der Waals surface area contributed by atoms with Gasteiger partial charge in [-0.15, -0.1) is 0 Å². The fourth-order valence-electron chi connectivity index (χ4n) is 2.16. The average Bonchev–Trinajstić information content (AvgIpc) is 2.46. The topological polar surface area (TPSA) is 71.1 Å². The van der Waals surface area contributed by atoms with Crippen molar-refractivity contribution in [2.45, 2.75) is 0 Å². The molecule has 19 heavy (non-hydrogen) atoms. The fraction of sp³-hybridized carbons (Fsp3) is 0.0714. The van der Waals surface area contributed by atoms with Crippen LogP contribution in [-0.4, -0.2) is 18.1 Å². The molecule has 0 atom stereocenters. The smallest absolute Gasteiger partial charge is 0.170 e. The highest BCUT2D eigenvalue weighted by Gasteiger charge is 2.21. The maximum Gasteiger partial charge on any atom is 0.170 e. The highest BCUT2D eigenvalue weighted by Crippen LogP contribution is 2.45. The first-order valence-corrected chi connectivity index (χ1v) is 5.83. The quantitative estimate of drug-likeness (QED) is 0.355. The molecule has 1 heterocycles. The van der Waals surface area contributed by atoms with Gasteiger partial charge in [0.15, 0.2) is 17.3 Å². The number of fused-ring (bicyclic) bond motifs is 2. The van der Waals surface area contributed by atoms with Gasteiger partial charge in [0.2, 0.25) is 0 Å². The van der Waals surface area contributed by atoms with Crippen LogP contribution in [-0.2, 0) is 0 Å². The van der Waals surface area contributed by atoms with Crippen LogP contribution in [0, 0.1) is 0 Å². The van der Waals surface area contributed by atoms with E-state index in [9.17, 15) is 0 Å². The summed E-state index contributed by atoms with van der Waals surface area (Å²) in [6.45, 7) is 0. The lowest BCUT2D eigenvalue weighted by molar-refractivity contribution is 0.318. The van der Waals surface area contributed by atoms with E-state index < -0.39 is 0 Å². The molecule has 3 N–H and O–H groups in total. The van der Waals surface area contributed by atoms with Crippen molar-refractivity contribution < 1.29 is 9.94 Å². The normalized spacial score (nSPS) is 13.5. The molecule has 1 aliphatic rings. The molecular weight excluding hydrogens is 242 g/mol. The number of amidine groups is 1. The minimum atomic E-state index is 0.0629. The van der Waals surface area contributed by atoms with E-state index in [0.717, 1.165) is 17.1 Å². The third kappa shape index (κ3) is 1.76. The van der Waals surface area contributed by atoms with Crippen LogP contribution in [0.3, 0.4) is 0 Å². The van der Waals surface area contributed by atoms with Gasteiger partial charge >= 0.3 is 0 Å². The van der Waals surface area contributed by atoms with Crippen LogP contribution in [0.4, 0.5) is 11.4 Å². The lowest BCUT2D eigenvalue weighted by Crippen LogP contribution is -2.17. The van der Waals surface area contributed by atoms with Gasteiger partial charge in [0.25, 0.3) is 0 Å². The molecule has 0 spiro atoms. The predicted octanol–water partition coefficient (Wildman–Crippen LogP) is 2.65. The van der Waals surface area contributed by atoms with Crippen molar-refractivity contribution in [3.63, 3.8) is 0 Å². The molecular formula is C14H13N3O2. The van der Waals surface area contributed by atoms with Gasteiger partial charge in [-0.3, -0.25) is 0 Å². The van der Waals surface area contributed by atoms with Crippen molar-refractivity contribution >= 4 is 17.2 Å². The molecule has 5 heteroatoms. The Morgan fingerprint density at radius 1 is 1.16 bits per heavy atom. The molecule has 0 radical (unpaired) electrons. The van der Waals surface area contributed by atoms with E-state index in [1.807, 2.05) is 42.3 Å². The molecule has 2 aromatic carbocycles. The Morgan fingerprint density at radius 2 is 1.89 bits per heavy atom. The van der Waals surface area contributed by atoms with Gasteiger partial charge in [-0.05, 0) is 30.3 Å². The number of nitrogens with two attached hydrogens (primary N) is 1. The number of oxime groups is 1. The van der Waals surface area contributed by atoms with Gasteiger partial charge in [0.1, 0.15) is 0 Å². The second-order valence-electron chi connectivity index (χ2n) is 4.30. The fourth-order valence-corrected chi connectivity index (χ4v) is 2.16. The average molecular weight is 255 g/mol. The summed E-state index contributed by atoms with van der Waals surface area (Å²) in [5.41, 5.74) is 8.15. The molecule has 0 unspecified atom stereocenters. The summed E-state index contributed by atoms with van der Waals surface area (Å²) in [5, 5.41) is 11.7. The van der Waals surface area contributed by atoms with Crippen molar-refractivity contribution in [2.75, 3.05) is 11.9 Å². The maximum absolute atomic E-state index is 8.71. The molecule has 0 bridgehead atoms. The number of anilines is 2. The molecule has 0 saturated carbocycles. The summed E-state index contributed by atoms with van der Waals surface area (Å²) >= 11 is 0. The Hall–Kier alpha value is -2.69. The zero-order valence-corrected chi connectivity index (χ0v) is 10.4. The van der Waals surface area contributed by atoms with E-state index in [0.29, 0.717) is 11.3 Å². The molecule has 96 valence electrons. The van der Waals surface area contributed by atoms with E-state index in [4.69, 9.17) is 15.7 Å². The van der Waals surface area contributed by atoms with Crippen LogP contribution in [0.15, 0.2) is 47.6 Å². The van der Waals surface area contributed by atoms with Crippen molar-refractivity contribution in [1.82, 2.24) is 0 Å². The zero-order chi connectivity index (χ0) is 13.4. The van der Waals surface area contributed by atoms with Crippen molar-refractivity contribution in [1.29, 1.82) is 0 Å². The van der Waals surface area contributed by atoms with Crippen LogP contribution in [0.25, 0.3) is 0 Å². The SMILES string of the molecule is CN1c2ccccc2Oc2cc(/C(N)=N/O)ccc21. The van der Waals surface area contributed by atoms with Crippen LogP contribution >= 0.6 is 0 Å². The third-order valence-corrected chi connectivity index (χ3v) is 3.17. The largest absolute Gasteiger partial charge is 0.453 e. The summed E-state index contributed by atoms with van der Waals surface area (Å²) in [7, 11) is 1.98. The number of benzene rings is 2. The van der Waals surface area contributed by atoms with E-state index in [1.165, 1.54) is 0 Å². The minimum absolute atomic E-state index is 0.0629. The summed E-state index contributed by atoms with van der Waals surface area (Å²) in [6, 6.07) is 13.2. The first kappa shape index (κ1) is 11.4. The van der Waals surface area contributed by atoms with Crippen molar-refractivity contribution in [2.24, 2.45) is 10.9 Å². The maximum atomic E-state index is 8.71. The van der Waals surface area contributed by atoms with E-state index in [-0.39, 0.29) is 5.84 Å². The van der Waals surface area contributed by atoms with Crippen LogP contribution in [0.2, 0.25) is 0 Å². The van der Waals surface area contributed by atoms with Crippen molar-refractivity contribution in [3.05, 3.63) is 48.0 Å². The second-order valence-corrected chi connectivity index (χ2v) is 4.30. The van der Waals surface area contributed by atoms with Crippen LogP contribution < -0.4 is 15.4 Å². The summed E-state index contributed by atoms with van der Waals surface area (Å²) in [4.78, 5) is 2.05. The number of hydrogen-bond acceptors (Lipinski definition) is 4. The van der Waals surface area contributed by atoms with Crippen molar-refractivity contribution in [3.8, 4) is 11.5 Å². The Balaban J connectivity index is 2.10. The van der Waals surface area contributed by atoms with Gasteiger partial charge in [-0.25, -0.2) is 0 Å². The van der Waals surface area contributed by atoms with E-state index in [1.54, 1.807) is 12.1 Å². The van der Waals surface area contributed by atoms with Gasteiger partial charge in [0, 0.05) is 12.6 Å². The Bertz CT molecular complexity index is 667. The highest BCUT2D eigenvalue weighted by atomic mass is 16.5. The summed E-state index contributed by atoms with van der Waals surface area (Å²) in [5.74, 6) is 1.53. The number of hydrogen-bond donors (Lipinski definition) is 2. The van der Waals surface area contributed by atoms with Gasteiger partial charge in [-0.1, -0.05) is 17.3 Å². The van der Waals surface area contributed by atoms with Crippen LogP contribution in [0.1, 0.15) is 5.56 Å². The minimum Gasteiger partial charge on any atom is -0.453 e. The highest BCUT2D eigenvalue weighted by molar-refractivity contribution is 5.98. The van der Waals surface area contributed by atoms with E-state index >= 15 is 0 Å². The van der Waals surface area contributed by atoms with Gasteiger partial charge in [0.05, 0.1) is 11.4 Å². The molecule has 0 amide bonds. The summed E-state index contributed by atoms with van der Waals surface area (Å²) < 4.78 is 5.85. The molecule has 0 saturated heterocycles. The second kappa shape index (κ2) is 4.20. The number of nitrogens with zero attached hydrogens (tertiary/aromatic N) is 2. The monoisotopic (exact) mass is 255 g/mol. The molecule has 5 nitrogen and oxygen atoms in total. The summed E-state index contributed by atoms with van der Waals surface area (Å²) in [6.07, 6.45) is 0. The molecule has 0 aliphatic carbocycles. The first-order chi connectivity index (χ1) is 9.20. The Morgan fingerprint density at radius 3 is 2.68 bits per heavy atom. The standard InChI is InChI=1S/C14H13N3O2/c1-17-10-4-2-3-5-12(10)19-13-8-9(14(15)16-18)6-7-11(13)17/h2-8,18H,1H3,(H2,15,16). The molecule has 0 fully saturated rings. The van der Waals surface area contributed by atoms with E-state index in [2.05, 4.69) is 5.16 Å². The van der Waals surface area contributed by atoms with Gasteiger partial charge in [-0.2, -0.15) is 0 Å². The molecule has 2 aromatic rings. The number of para-hydroxylation sites is 2. The van der Waals surface area contributed by atoms with Gasteiger partial charge < -0.3 is 20.6 Å². The molecule has 3 rings (SSSR count). The predicted molar refractivity (Wildman–Crippen MR) is 73.5 cm³/mol. The molecule has 1 aliphatic heterocycles. The van der Waals surface area contributed by atoms with Crippen LogP contribution in [0.5, 0.6) is 11.5 Å².